The van der Waals surface area contributed by atoms with Gasteiger partial charge in [-0.05, 0) is 54.3 Å². The molecule has 0 aliphatic carbocycles. The van der Waals surface area contributed by atoms with Crippen molar-refractivity contribution >= 4 is 35.2 Å². The Morgan fingerprint density at radius 3 is 2.48 bits per heavy atom. The summed E-state index contributed by atoms with van der Waals surface area (Å²) in [5.74, 6) is 0.187. The molecule has 2 aromatic rings. The van der Waals surface area contributed by atoms with Crippen molar-refractivity contribution in [2.45, 2.75) is 25.4 Å². The molecule has 1 fully saturated rings. The summed E-state index contributed by atoms with van der Waals surface area (Å²) in [6, 6.07) is 12.8. The zero-order chi connectivity index (χ0) is 19.2. The minimum atomic E-state index is -0.0990. The van der Waals surface area contributed by atoms with Crippen molar-refractivity contribution in [3.63, 3.8) is 0 Å². The minimum Gasteiger partial charge on any atom is -0.508 e. The second kappa shape index (κ2) is 9.27. The zero-order valence-electron chi connectivity index (χ0n) is 14.9. The topological polar surface area (TPSA) is 52.6 Å². The first-order chi connectivity index (χ1) is 13.0. The molecule has 1 saturated heterocycles. The molecule has 0 radical (unpaired) electrons. The third kappa shape index (κ3) is 5.99. The largest absolute Gasteiger partial charge is 0.508 e. The van der Waals surface area contributed by atoms with Gasteiger partial charge in [0.1, 0.15) is 5.75 Å². The first kappa shape index (κ1) is 19.7. The number of halogens is 2. The SMILES string of the molecule is O=C(/C=C/c1ccc(Cl)c(Cl)c1)NC1CCN(Cc2ccc(O)cc2)CC1. The molecule has 0 atom stereocenters. The van der Waals surface area contributed by atoms with E-state index in [0.29, 0.717) is 10.0 Å². The molecule has 4 nitrogen and oxygen atoms in total. The van der Waals surface area contributed by atoms with Crippen molar-refractivity contribution in [3.05, 3.63) is 69.7 Å². The monoisotopic (exact) mass is 404 g/mol. The molecule has 0 aromatic heterocycles. The van der Waals surface area contributed by atoms with Gasteiger partial charge in [0, 0.05) is 31.8 Å². The lowest BCUT2D eigenvalue weighted by molar-refractivity contribution is -0.117. The number of phenols is 1. The van der Waals surface area contributed by atoms with Crippen LogP contribution in [-0.4, -0.2) is 35.0 Å². The van der Waals surface area contributed by atoms with Crippen molar-refractivity contribution < 1.29 is 9.90 Å². The summed E-state index contributed by atoms with van der Waals surface area (Å²) in [6.07, 6.45) is 5.11. The molecule has 0 saturated carbocycles. The number of hydrogen-bond donors (Lipinski definition) is 2. The quantitative estimate of drug-likeness (QED) is 0.721. The highest BCUT2D eigenvalue weighted by Gasteiger charge is 2.20. The summed E-state index contributed by atoms with van der Waals surface area (Å²) in [4.78, 5) is 14.5. The predicted molar refractivity (Wildman–Crippen MR) is 110 cm³/mol. The summed E-state index contributed by atoms with van der Waals surface area (Å²) >= 11 is 11.9. The third-order valence-electron chi connectivity index (χ3n) is 4.65. The average molecular weight is 405 g/mol. The Morgan fingerprint density at radius 1 is 1.11 bits per heavy atom. The van der Waals surface area contributed by atoms with Crippen molar-refractivity contribution in [1.29, 1.82) is 0 Å². The Labute approximate surface area is 169 Å². The molecule has 2 aromatic carbocycles. The van der Waals surface area contributed by atoms with Crippen molar-refractivity contribution in [2.24, 2.45) is 0 Å². The summed E-state index contributed by atoms with van der Waals surface area (Å²) in [5, 5.41) is 13.4. The summed E-state index contributed by atoms with van der Waals surface area (Å²) in [6.45, 7) is 2.73. The lowest BCUT2D eigenvalue weighted by Crippen LogP contribution is -2.43. The van der Waals surface area contributed by atoms with Gasteiger partial charge in [-0.3, -0.25) is 9.69 Å². The number of nitrogens with zero attached hydrogens (tertiary/aromatic N) is 1. The van der Waals surface area contributed by atoms with Gasteiger partial charge in [0.25, 0.3) is 0 Å². The second-order valence-electron chi connectivity index (χ2n) is 6.73. The number of carbonyl (C=O) groups excluding carboxylic acids is 1. The van der Waals surface area contributed by atoms with E-state index in [9.17, 15) is 9.90 Å². The number of rotatable bonds is 5. The molecule has 2 N–H and O–H groups in total. The highest BCUT2D eigenvalue weighted by molar-refractivity contribution is 6.42. The van der Waals surface area contributed by atoms with Crippen LogP contribution in [0.3, 0.4) is 0 Å². The maximum atomic E-state index is 12.1. The fraction of sp³-hybridized carbons (Fsp3) is 0.286. The lowest BCUT2D eigenvalue weighted by atomic mass is 10.0. The molecule has 0 spiro atoms. The van der Waals surface area contributed by atoms with Gasteiger partial charge in [-0.25, -0.2) is 0 Å². The van der Waals surface area contributed by atoms with Crippen molar-refractivity contribution in [2.75, 3.05) is 13.1 Å². The number of phenolic OH excluding ortho intramolecular Hbond substituents is 1. The molecular formula is C21H22Cl2N2O2. The zero-order valence-corrected chi connectivity index (χ0v) is 16.4. The van der Waals surface area contributed by atoms with Crippen LogP contribution in [0.2, 0.25) is 10.0 Å². The molecule has 1 amide bonds. The minimum absolute atomic E-state index is 0.0990. The Bertz CT molecular complexity index is 813. The normalized spacial score (nSPS) is 15.9. The van der Waals surface area contributed by atoms with Crippen LogP contribution in [0.15, 0.2) is 48.5 Å². The van der Waals surface area contributed by atoms with E-state index < -0.39 is 0 Å². The van der Waals surface area contributed by atoms with E-state index in [4.69, 9.17) is 23.2 Å². The lowest BCUT2D eigenvalue weighted by Gasteiger charge is -2.32. The molecule has 1 aliphatic rings. The number of benzene rings is 2. The maximum absolute atomic E-state index is 12.1. The number of aromatic hydroxyl groups is 1. The molecule has 1 heterocycles. The van der Waals surface area contributed by atoms with Gasteiger partial charge in [-0.2, -0.15) is 0 Å². The standard InChI is InChI=1S/C21H22Cl2N2O2/c22-19-7-3-15(13-20(19)23)4-8-21(27)24-17-9-11-25(12-10-17)14-16-1-5-18(26)6-2-16/h1-8,13,17,26H,9-12,14H2,(H,24,27)/b8-4+. The van der Waals surface area contributed by atoms with E-state index >= 15 is 0 Å². The predicted octanol–water partition coefficient (Wildman–Crippen LogP) is 4.49. The van der Waals surface area contributed by atoms with Crippen LogP contribution >= 0.6 is 23.2 Å². The Kier molecular flexibility index (Phi) is 6.78. The molecule has 3 rings (SSSR count). The van der Waals surface area contributed by atoms with Gasteiger partial charge in [0.15, 0.2) is 0 Å². The van der Waals surface area contributed by atoms with E-state index in [1.165, 1.54) is 11.6 Å². The highest BCUT2D eigenvalue weighted by atomic mass is 35.5. The van der Waals surface area contributed by atoms with Crippen molar-refractivity contribution in [1.82, 2.24) is 10.2 Å². The Morgan fingerprint density at radius 2 is 1.81 bits per heavy atom. The number of hydrogen-bond acceptors (Lipinski definition) is 3. The van der Waals surface area contributed by atoms with Crippen LogP contribution < -0.4 is 5.32 Å². The number of piperidine rings is 1. The number of carbonyl (C=O) groups is 1. The van der Waals surface area contributed by atoms with Crippen LogP contribution in [0.25, 0.3) is 6.08 Å². The van der Waals surface area contributed by atoms with Gasteiger partial charge in [-0.1, -0.05) is 41.4 Å². The van der Waals surface area contributed by atoms with Gasteiger partial charge in [0.2, 0.25) is 5.91 Å². The molecular weight excluding hydrogens is 383 g/mol. The van der Waals surface area contributed by atoms with Crippen molar-refractivity contribution in [3.8, 4) is 5.75 Å². The van der Waals surface area contributed by atoms with E-state index in [1.54, 1.807) is 30.3 Å². The van der Waals surface area contributed by atoms with Crippen LogP contribution in [0.4, 0.5) is 0 Å². The highest BCUT2D eigenvalue weighted by Crippen LogP contribution is 2.23. The van der Waals surface area contributed by atoms with E-state index in [2.05, 4.69) is 10.2 Å². The summed E-state index contributed by atoms with van der Waals surface area (Å²) in [7, 11) is 0. The first-order valence-corrected chi connectivity index (χ1v) is 9.69. The van der Waals surface area contributed by atoms with Crippen LogP contribution in [0.1, 0.15) is 24.0 Å². The van der Waals surface area contributed by atoms with Crippen LogP contribution in [-0.2, 0) is 11.3 Å². The van der Waals surface area contributed by atoms with Gasteiger partial charge in [-0.15, -0.1) is 0 Å². The average Bonchev–Trinajstić information content (AvgIpc) is 2.66. The van der Waals surface area contributed by atoms with E-state index in [-0.39, 0.29) is 17.7 Å². The molecule has 0 bridgehead atoms. The van der Waals surface area contributed by atoms with Crippen LogP contribution in [0.5, 0.6) is 5.75 Å². The Balaban J connectivity index is 1.44. The first-order valence-electron chi connectivity index (χ1n) is 8.93. The van der Waals surface area contributed by atoms with E-state index in [0.717, 1.165) is 38.0 Å². The number of amides is 1. The molecule has 0 unspecified atom stereocenters. The van der Waals surface area contributed by atoms with E-state index in [1.807, 2.05) is 18.2 Å². The third-order valence-corrected chi connectivity index (χ3v) is 5.39. The van der Waals surface area contributed by atoms with Gasteiger partial charge in [0.05, 0.1) is 10.0 Å². The molecule has 6 heteroatoms. The molecule has 27 heavy (non-hydrogen) atoms. The van der Waals surface area contributed by atoms with Gasteiger partial charge >= 0.3 is 0 Å². The Hall–Kier alpha value is -2.01. The smallest absolute Gasteiger partial charge is 0.244 e. The number of likely N-dealkylation sites (tertiary alicyclic amines) is 1. The maximum Gasteiger partial charge on any atom is 0.244 e. The van der Waals surface area contributed by atoms with Crippen LogP contribution in [0, 0.1) is 0 Å². The molecule has 1 aliphatic heterocycles. The fourth-order valence-corrected chi connectivity index (χ4v) is 3.44. The second-order valence-corrected chi connectivity index (χ2v) is 7.55. The molecule has 142 valence electrons. The van der Waals surface area contributed by atoms with Gasteiger partial charge < -0.3 is 10.4 Å². The summed E-state index contributed by atoms with van der Waals surface area (Å²) < 4.78 is 0. The fourth-order valence-electron chi connectivity index (χ4n) is 3.13. The summed E-state index contributed by atoms with van der Waals surface area (Å²) in [5.41, 5.74) is 2.02. The number of nitrogens with one attached hydrogen (secondary N) is 1.